The van der Waals surface area contributed by atoms with Crippen molar-refractivity contribution in [3.63, 3.8) is 0 Å². The summed E-state index contributed by atoms with van der Waals surface area (Å²) < 4.78 is 168. The Morgan fingerprint density at radius 3 is 0.636 bits per heavy atom. The molecule has 16 heteroatoms. The molecule has 0 amide bonds. The molecule has 0 spiro atoms. The van der Waals surface area contributed by atoms with Gasteiger partial charge in [-0.1, -0.05) is 0 Å². The molecular formula is C6F14N2. The van der Waals surface area contributed by atoms with Crippen molar-refractivity contribution in [2.45, 2.75) is 25.2 Å². The molecule has 0 aromatic heterocycles. The highest BCUT2D eigenvalue weighted by Crippen LogP contribution is 2.43. The second-order valence-corrected chi connectivity index (χ2v) is 3.12. The van der Waals surface area contributed by atoms with Crippen LogP contribution in [-0.2, 0) is 0 Å². The molecule has 0 bridgehead atoms. The smallest absolute Gasteiger partial charge is 0.182 e. The summed E-state index contributed by atoms with van der Waals surface area (Å²) in [4.78, 5) is -6.97. The maximum atomic E-state index is 12.7. The van der Waals surface area contributed by atoms with Crippen molar-refractivity contribution in [3.05, 3.63) is 11.9 Å². The van der Waals surface area contributed by atoms with Crippen LogP contribution in [0.25, 0.3) is 0 Å². The van der Waals surface area contributed by atoms with Gasteiger partial charge in [-0.25, -0.2) is 0 Å². The van der Waals surface area contributed by atoms with Crippen LogP contribution in [0.1, 0.15) is 0 Å². The molecule has 0 rings (SSSR count). The van der Waals surface area contributed by atoms with Crippen molar-refractivity contribution >= 4 is 0 Å². The zero-order valence-corrected chi connectivity index (χ0v) is 9.19. The van der Waals surface area contributed by atoms with E-state index in [9.17, 15) is 61.5 Å². The molecule has 22 heavy (non-hydrogen) atoms. The molecule has 0 unspecified atom stereocenters. The third kappa shape index (κ3) is 4.69. The van der Waals surface area contributed by atoms with Crippen LogP contribution in [0.4, 0.5) is 61.5 Å². The SMILES string of the molecule is F/C(=C(\F)N(C(F)(F)F)C(F)(F)F)N(C(F)(F)F)C(F)(F)F. The fraction of sp³-hybridized carbons (Fsp3) is 0.667. The number of hydrogen-bond donors (Lipinski definition) is 0. The fourth-order valence-electron chi connectivity index (χ4n) is 0.917. The van der Waals surface area contributed by atoms with Gasteiger partial charge in [0.25, 0.3) is 11.9 Å². The van der Waals surface area contributed by atoms with Crippen LogP contribution in [0.3, 0.4) is 0 Å². The predicted octanol–water partition coefficient (Wildman–Crippen LogP) is 4.74. The summed E-state index contributed by atoms with van der Waals surface area (Å²) in [5, 5.41) is 0. The first-order chi connectivity index (χ1) is 9.31. The van der Waals surface area contributed by atoms with Gasteiger partial charge >= 0.3 is 25.2 Å². The maximum absolute atomic E-state index is 12.7. The van der Waals surface area contributed by atoms with Crippen LogP contribution in [0.2, 0.25) is 0 Å². The second-order valence-electron chi connectivity index (χ2n) is 3.12. The Bertz CT molecular complexity index is 353. The lowest BCUT2D eigenvalue weighted by molar-refractivity contribution is -0.380. The van der Waals surface area contributed by atoms with E-state index in [1.54, 1.807) is 0 Å². The summed E-state index contributed by atoms with van der Waals surface area (Å²) in [5.41, 5.74) is 0. The average Bonchev–Trinajstić information content (AvgIpc) is 2.06. The van der Waals surface area contributed by atoms with Crippen LogP contribution in [0, 0.1) is 0 Å². The van der Waals surface area contributed by atoms with Gasteiger partial charge in [-0.2, -0.15) is 18.6 Å². The Morgan fingerprint density at radius 1 is 0.409 bits per heavy atom. The van der Waals surface area contributed by atoms with E-state index in [0.717, 1.165) is 0 Å². The van der Waals surface area contributed by atoms with E-state index in [1.165, 1.54) is 0 Å². The zero-order chi connectivity index (χ0) is 18.3. The summed E-state index contributed by atoms with van der Waals surface area (Å²) in [6, 6.07) is 0. The number of hydrogen-bond acceptors (Lipinski definition) is 2. The van der Waals surface area contributed by atoms with E-state index in [0.29, 0.717) is 0 Å². The van der Waals surface area contributed by atoms with E-state index >= 15 is 0 Å². The highest BCUT2D eigenvalue weighted by atomic mass is 19.4. The Hall–Kier alpha value is -1.64. The second kappa shape index (κ2) is 5.53. The Labute approximate surface area is 110 Å². The van der Waals surface area contributed by atoms with Gasteiger partial charge in [0.1, 0.15) is 0 Å². The van der Waals surface area contributed by atoms with Gasteiger partial charge in [-0.05, 0) is 0 Å². The standard InChI is InChI=1S/C6F14N2/c7-1(21(3(9,10)11)4(12,13)14)2(8)22(5(15,16)17)6(18,19)20/b2-1-. The molecular weight excluding hydrogens is 366 g/mol. The van der Waals surface area contributed by atoms with Gasteiger partial charge in [0.05, 0.1) is 0 Å². The van der Waals surface area contributed by atoms with Gasteiger partial charge in [0, 0.05) is 0 Å². The third-order valence-corrected chi connectivity index (χ3v) is 1.58. The minimum Gasteiger partial charge on any atom is -0.182 e. The molecule has 0 aliphatic rings. The van der Waals surface area contributed by atoms with E-state index in [1.807, 2.05) is 0 Å². The Morgan fingerprint density at radius 2 is 0.545 bits per heavy atom. The molecule has 0 heterocycles. The molecule has 0 atom stereocenters. The number of nitrogens with zero attached hydrogens (tertiary/aromatic N) is 2. The van der Waals surface area contributed by atoms with Crippen molar-refractivity contribution in [2.75, 3.05) is 0 Å². The Kier molecular flexibility index (Phi) is 5.12. The highest BCUT2D eigenvalue weighted by Gasteiger charge is 2.61. The van der Waals surface area contributed by atoms with Crippen molar-refractivity contribution in [1.29, 1.82) is 0 Å². The largest absolute Gasteiger partial charge is 0.493 e. The van der Waals surface area contributed by atoms with Gasteiger partial charge in [0.2, 0.25) is 0 Å². The molecule has 0 saturated heterocycles. The summed E-state index contributed by atoms with van der Waals surface area (Å²) in [6.45, 7) is 0. The molecule has 0 aromatic rings. The lowest BCUT2D eigenvalue weighted by Gasteiger charge is -2.30. The zero-order valence-electron chi connectivity index (χ0n) is 9.19. The molecule has 0 aliphatic carbocycles. The van der Waals surface area contributed by atoms with E-state index in [2.05, 4.69) is 0 Å². The van der Waals surface area contributed by atoms with Crippen LogP contribution in [0.15, 0.2) is 11.9 Å². The topological polar surface area (TPSA) is 6.48 Å². The van der Waals surface area contributed by atoms with E-state index < -0.39 is 46.9 Å². The average molecular weight is 366 g/mol. The summed E-state index contributed by atoms with van der Waals surface area (Å²) in [6.07, 6.45) is -27.5. The first kappa shape index (κ1) is 20.4. The molecule has 0 fully saturated rings. The lowest BCUT2D eigenvalue weighted by Crippen LogP contribution is -2.50. The molecule has 0 aromatic carbocycles. The van der Waals surface area contributed by atoms with Crippen molar-refractivity contribution in [1.82, 2.24) is 9.80 Å². The first-order valence-corrected chi connectivity index (χ1v) is 4.24. The van der Waals surface area contributed by atoms with Crippen LogP contribution in [0.5, 0.6) is 0 Å². The molecule has 0 radical (unpaired) electrons. The summed E-state index contributed by atoms with van der Waals surface area (Å²) >= 11 is 0. The van der Waals surface area contributed by atoms with Gasteiger partial charge in [0.15, 0.2) is 0 Å². The molecule has 2 nitrogen and oxygen atoms in total. The van der Waals surface area contributed by atoms with Gasteiger partial charge in [-0.3, -0.25) is 0 Å². The van der Waals surface area contributed by atoms with Crippen molar-refractivity contribution in [2.24, 2.45) is 0 Å². The normalized spacial score (nSPS) is 15.5. The van der Waals surface area contributed by atoms with Crippen molar-refractivity contribution < 1.29 is 61.5 Å². The minimum absolute atomic E-state index is 3.49. The molecule has 0 aliphatic heterocycles. The van der Waals surface area contributed by atoms with Gasteiger partial charge < -0.3 is 0 Å². The fourth-order valence-corrected chi connectivity index (χ4v) is 0.917. The minimum atomic E-state index is -6.89. The maximum Gasteiger partial charge on any atom is 0.493 e. The number of halogens is 14. The summed E-state index contributed by atoms with van der Waals surface area (Å²) in [5.74, 6) is -8.98. The quantitative estimate of drug-likeness (QED) is 0.515. The van der Waals surface area contributed by atoms with Crippen LogP contribution < -0.4 is 0 Å². The molecule has 0 N–H and O–H groups in total. The van der Waals surface area contributed by atoms with Crippen molar-refractivity contribution in [3.8, 4) is 0 Å². The number of rotatable bonds is 2. The molecule has 0 saturated carbocycles. The monoisotopic (exact) mass is 366 g/mol. The van der Waals surface area contributed by atoms with E-state index in [4.69, 9.17) is 0 Å². The third-order valence-electron chi connectivity index (χ3n) is 1.58. The highest BCUT2D eigenvalue weighted by molar-refractivity contribution is 5.02. The summed E-state index contributed by atoms with van der Waals surface area (Å²) in [7, 11) is 0. The predicted molar refractivity (Wildman–Crippen MR) is 37.1 cm³/mol. The molecule has 132 valence electrons. The number of alkyl halides is 12. The van der Waals surface area contributed by atoms with Crippen LogP contribution >= 0.6 is 0 Å². The van der Waals surface area contributed by atoms with E-state index in [-0.39, 0.29) is 0 Å². The lowest BCUT2D eigenvalue weighted by atomic mass is 10.6. The van der Waals surface area contributed by atoms with Gasteiger partial charge in [-0.15, -0.1) is 52.7 Å². The first-order valence-electron chi connectivity index (χ1n) is 4.24. The van der Waals surface area contributed by atoms with Crippen LogP contribution in [-0.4, -0.2) is 35.0 Å². The Balaban J connectivity index is 6.25.